The topological polar surface area (TPSA) is 68.3 Å². The lowest BCUT2D eigenvalue weighted by molar-refractivity contribution is -0.384. The number of piperidine rings is 1. The first-order chi connectivity index (χ1) is 8.74. The van der Waals surface area contributed by atoms with E-state index >= 15 is 0 Å². The zero-order valence-corrected chi connectivity index (χ0v) is 9.89. The van der Waals surface area contributed by atoms with Gasteiger partial charge in [0.15, 0.2) is 0 Å². The van der Waals surface area contributed by atoms with Crippen LogP contribution in [-0.4, -0.2) is 18.0 Å². The number of non-ortho nitro benzene ring substituents is 1. The standard InChI is InChI=1S/C13H14N2O3/c16-15(17)11-2-1-10-7-12(18-13(10)8-11)9-3-5-14-6-4-9/h1-2,7-9,14H,3-6H2. The number of fused-ring (bicyclic) bond motifs is 1. The van der Waals surface area contributed by atoms with E-state index in [0.717, 1.165) is 37.1 Å². The van der Waals surface area contributed by atoms with Gasteiger partial charge < -0.3 is 9.73 Å². The van der Waals surface area contributed by atoms with Crippen LogP contribution in [-0.2, 0) is 0 Å². The summed E-state index contributed by atoms with van der Waals surface area (Å²) in [5, 5.41) is 15.0. The van der Waals surface area contributed by atoms with Crippen molar-refractivity contribution in [1.29, 1.82) is 0 Å². The van der Waals surface area contributed by atoms with Gasteiger partial charge in [-0.3, -0.25) is 10.1 Å². The summed E-state index contributed by atoms with van der Waals surface area (Å²) in [6, 6.07) is 6.78. The minimum absolute atomic E-state index is 0.0775. The molecule has 3 rings (SSSR count). The number of nitro benzene ring substituents is 1. The highest BCUT2D eigenvalue weighted by Crippen LogP contribution is 2.31. The van der Waals surface area contributed by atoms with Gasteiger partial charge in [-0.25, -0.2) is 0 Å². The van der Waals surface area contributed by atoms with Crippen LogP contribution < -0.4 is 5.32 Å². The highest BCUT2D eigenvalue weighted by atomic mass is 16.6. The van der Waals surface area contributed by atoms with Crippen molar-refractivity contribution in [1.82, 2.24) is 5.32 Å². The molecule has 0 radical (unpaired) electrons. The first-order valence-electron chi connectivity index (χ1n) is 6.12. The van der Waals surface area contributed by atoms with Crippen molar-refractivity contribution in [2.75, 3.05) is 13.1 Å². The summed E-state index contributed by atoms with van der Waals surface area (Å²) in [6.45, 7) is 2.00. The number of furan rings is 1. The molecule has 0 atom stereocenters. The van der Waals surface area contributed by atoms with Crippen LogP contribution in [0.1, 0.15) is 24.5 Å². The van der Waals surface area contributed by atoms with Crippen LogP contribution in [0.15, 0.2) is 28.7 Å². The van der Waals surface area contributed by atoms with E-state index in [1.807, 2.05) is 6.07 Å². The monoisotopic (exact) mass is 246 g/mol. The summed E-state index contributed by atoms with van der Waals surface area (Å²) in [5.74, 6) is 1.38. The van der Waals surface area contributed by atoms with E-state index in [-0.39, 0.29) is 5.69 Å². The van der Waals surface area contributed by atoms with E-state index in [4.69, 9.17) is 4.42 Å². The lowest BCUT2D eigenvalue weighted by Gasteiger charge is -2.20. The number of hydrogen-bond acceptors (Lipinski definition) is 4. The number of benzene rings is 1. The van der Waals surface area contributed by atoms with E-state index in [1.165, 1.54) is 12.1 Å². The fourth-order valence-electron chi connectivity index (χ4n) is 2.46. The van der Waals surface area contributed by atoms with E-state index < -0.39 is 4.92 Å². The van der Waals surface area contributed by atoms with Crippen LogP contribution in [0.2, 0.25) is 0 Å². The second kappa shape index (κ2) is 4.42. The van der Waals surface area contributed by atoms with Crippen LogP contribution in [0.3, 0.4) is 0 Å². The Kier molecular flexibility index (Phi) is 2.76. The van der Waals surface area contributed by atoms with Crippen molar-refractivity contribution in [2.45, 2.75) is 18.8 Å². The first kappa shape index (κ1) is 11.2. The second-order valence-electron chi connectivity index (χ2n) is 4.65. The number of nitro groups is 1. The minimum Gasteiger partial charge on any atom is -0.461 e. The summed E-state index contributed by atoms with van der Waals surface area (Å²) in [4.78, 5) is 10.3. The number of nitrogens with zero attached hydrogens (tertiary/aromatic N) is 1. The fraction of sp³-hybridized carbons (Fsp3) is 0.385. The predicted molar refractivity (Wildman–Crippen MR) is 67.7 cm³/mol. The summed E-state index contributed by atoms with van der Waals surface area (Å²) in [6.07, 6.45) is 2.11. The van der Waals surface area contributed by atoms with Gasteiger partial charge in [0.2, 0.25) is 0 Å². The average molecular weight is 246 g/mol. The maximum absolute atomic E-state index is 10.7. The number of rotatable bonds is 2. The van der Waals surface area contributed by atoms with Crippen molar-refractivity contribution >= 4 is 16.7 Å². The normalized spacial score (nSPS) is 17.1. The van der Waals surface area contributed by atoms with E-state index in [9.17, 15) is 10.1 Å². The molecule has 2 heterocycles. The van der Waals surface area contributed by atoms with E-state index in [1.54, 1.807) is 6.07 Å². The molecule has 94 valence electrons. The van der Waals surface area contributed by atoms with Crippen LogP contribution >= 0.6 is 0 Å². The minimum atomic E-state index is -0.397. The number of nitrogens with one attached hydrogen (secondary N) is 1. The molecule has 1 saturated heterocycles. The lowest BCUT2D eigenvalue weighted by Crippen LogP contribution is -2.26. The molecular weight excluding hydrogens is 232 g/mol. The van der Waals surface area contributed by atoms with Gasteiger partial charge in [-0.05, 0) is 38.1 Å². The molecule has 0 saturated carbocycles. The zero-order chi connectivity index (χ0) is 12.5. The Bertz CT molecular complexity index is 585. The molecule has 1 aromatic carbocycles. The Morgan fingerprint density at radius 2 is 2.06 bits per heavy atom. The highest BCUT2D eigenvalue weighted by molar-refractivity contribution is 5.80. The lowest BCUT2D eigenvalue weighted by atomic mass is 9.95. The smallest absolute Gasteiger partial charge is 0.273 e. The van der Waals surface area contributed by atoms with Crippen LogP contribution in [0, 0.1) is 10.1 Å². The number of hydrogen-bond donors (Lipinski definition) is 1. The Morgan fingerprint density at radius 3 is 2.78 bits per heavy atom. The summed E-state index contributed by atoms with van der Waals surface area (Å²) in [7, 11) is 0. The SMILES string of the molecule is O=[N+]([O-])c1ccc2cc(C3CCNCC3)oc2c1. The van der Waals surface area contributed by atoms with Crippen molar-refractivity contribution in [3.05, 3.63) is 40.1 Å². The van der Waals surface area contributed by atoms with Gasteiger partial charge in [-0.2, -0.15) is 0 Å². The molecule has 1 aliphatic heterocycles. The summed E-state index contributed by atoms with van der Waals surface area (Å²) in [5.41, 5.74) is 0.687. The Labute approximate surface area is 104 Å². The maximum atomic E-state index is 10.7. The molecule has 0 spiro atoms. The molecule has 0 unspecified atom stereocenters. The van der Waals surface area contributed by atoms with Crippen molar-refractivity contribution in [2.24, 2.45) is 0 Å². The first-order valence-corrected chi connectivity index (χ1v) is 6.12. The molecule has 18 heavy (non-hydrogen) atoms. The second-order valence-corrected chi connectivity index (χ2v) is 4.65. The summed E-state index contributed by atoms with van der Waals surface area (Å²) < 4.78 is 5.77. The van der Waals surface area contributed by atoms with Crippen LogP contribution in [0.4, 0.5) is 5.69 Å². The van der Waals surface area contributed by atoms with Gasteiger partial charge in [0.1, 0.15) is 11.3 Å². The fourth-order valence-corrected chi connectivity index (χ4v) is 2.46. The van der Waals surface area contributed by atoms with Gasteiger partial charge in [0.05, 0.1) is 11.0 Å². The van der Waals surface area contributed by atoms with Gasteiger partial charge in [-0.15, -0.1) is 0 Å². The van der Waals surface area contributed by atoms with Crippen LogP contribution in [0.25, 0.3) is 11.0 Å². The molecule has 5 heteroatoms. The quantitative estimate of drug-likeness (QED) is 0.653. The van der Waals surface area contributed by atoms with Gasteiger partial charge in [0.25, 0.3) is 5.69 Å². The third-order valence-corrected chi connectivity index (χ3v) is 3.48. The molecule has 1 N–H and O–H groups in total. The van der Waals surface area contributed by atoms with E-state index in [2.05, 4.69) is 5.32 Å². The highest BCUT2D eigenvalue weighted by Gasteiger charge is 2.19. The van der Waals surface area contributed by atoms with Gasteiger partial charge in [-0.1, -0.05) is 0 Å². The molecule has 0 amide bonds. The molecule has 1 fully saturated rings. The van der Waals surface area contributed by atoms with Crippen LogP contribution in [0.5, 0.6) is 0 Å². The third-order valence-electron chi connectivity index (χ3n) is 3.48. The Balaban J connectivity index is 1.97. The van der Waals surface area contributed by atoms with Gasteiger partial charge in [0, 0.05) is 17.4 Å². The molecular formula is C13H14N2O3. The van der Waals surface area contributed by atoms with Crippen molar-refractivity contribution in [3.8, 4) is 0 Å². The van der Waals surface area contributed by atoms with E-state index in [0.29, 0.717) is 11.5 Å². The molecule has 5 nitrogen and oxygen atoms in total. The summed E-state index contributed by atoms with van der Waals surface area (Å²) >= 11 is 0. The molecule has 0 aliphatic carbocycles. The Hall–Kier alpha value is -1.88. The third kappa shape index (κ3) is 1.97. The molecule has 2 aromatic rings. The zero-order valence-electron chi connectivity index (χ0n) is 9.89. The molecule has 1 aliphatic rings. The maximum Gasteiger partial charge on any atom is 0.273 e. The molecule has 1 aromatic heterocycles. The van der Waals surface area contributed by atoms with Gasteiger partial charge >= 0.3 is 0 Å². The molecule has 0 bridgehead atoms. The largest absolute Gasteiger partial charge is 0.461 e. The van der Waals surface area contributed by atoms with Crippen molar-refractivity contribution in [3.63, 3.8) is 0 Å². The average Bonchev–Trinajstić information content (AvgIpc) is 2.82. The predicted octanol–water partition coefficient (Wildman–Crippen LogP) is 2.81. The van der Waals surface area contributed by atoms with Crippen molar-refractivity contribution < 1.29 is 9.34 Å². The Morgan fingerprint density at radius 1 is 1.28 bits per heavy atom.